The van der Waals surface area contributed by atoms with E-state index < -0.39 is 0 Å². The SMILES string of the molecule is ClC1C=CC(SC2=CC=CCC2)=CC1. The normalized spacial score (nSPS) is 25.9. The molecule has 14 heavy (non-hydrogen) atoms. The zero-order valence-electron chi connectivity index (χ0n) is 7.95. The number of rotatable bonds is 2. The highest BCUT2D eigenvalue weighted by atomic mass is 35.5. The second-order valence-electron chi connectivity index (χ2n) is 3.42. The molecule has 0 heterocycles. The Bertz CT molecular complexity index is 323. The molecular weight excluding hydrogens is 212 g/mol. The van der Waals surface area contributed by atoms with Crippen molar-refractivity contribution in [2.45, 2.75) is 24.6 Å². The van der Waals surface area contributed by atoms with Gasteiger partial charge in [-0.05, 0) is 24.2 Å². The molecule has 0 saturated heterocycles. The Morgan fingerprint density at radius 1 is 1.43 bits per heavy atom. The Morgan fingerprint density at radius 3 is 3.00 bits per heavy atom. The lowest BCUT2D eigenvalue weighted by molar-refractivity contribution is 1.02. The summed E-state index contributed by atoms with van der Waals surface area (Å²) in [7, 11) is 0. The molecule has 0 radical (unpaired) electrons. The molecule has 0 aromatic carbocycles. The van der Waals surface area contributed by atoms with E-state index in [4.69, 9.17) is 11.6 Å². The lowest BCUT2D eigenvalue weighted by atomic mass is 10.2. The van der Waals surface area contributed by atoms with Crippen LogP contribution in [0.25, 0.3) is 0 Å². The van der Waals surface area contributed by atoms with Gasteiger partial charge in [0.1, 0.15) is 0 Å². The van der Waals surface area contributed by atoms with Crippen molar-refractivity contribution in [3.8, 4) is 0 Å². The van der Waals surface area contributed by atoms with Gasteiger partial charge in [0.2, 0.25) is 0 Å². The average molecular weight is 225 g/mol. The third-order valence-corrected chi connectivity index (χ3v) is 3.70. The minimum absolute atomic E-state index is 0.194. The second kappa shape index (κ2) is 4.90. The molecule has 0 amide bonds. The highest BCUT2D eigenvalue weighted by Crippen LogP contribution is 2.33. The standard InChI is InChI=1S/C12H13ClS/c13-10-6-8-12(9-7-10)14-11-4-2-1-3-5-11/h1-2,4,6,8-10H,3,5,7H2. The van der Waals surface area contributed by atoms with Crippen molar-refractivity contribution in [1.82, 2.24) is 0 Å². The monoisotopic (exact) mass is 224 g/mol. The molecule has 0 aliphatic heterocycles. The maximum Gasteiger partial charge on any atom is 0.0554 e. The van der Waals surface area contributed by atoms with Crippen molar-refractivity contribution in [2.24, 2.45) is 0 Å². The summed E-state index contributed by atoms with van der Waals surface area (Å²) < 4.78 is 0. The van der Waals surface area contributed by atoms with Gasteiger partial charge < -0.3 is 0 Å². The van der Waals surface area contributed by atoms with Gasteiger partial charge in [0.15, 0.2) is 0 Å². The minimum atomic E-state index is 0.194. The lowest BCUT2D eigenvalue weighted by Crippen LogP contribution is -1.95. The van der Waals surface area contributed by atoms with Crippen LogP contribution in [0.15, 0.2) is 46.3 Å². The molecule has 0 bridgehead atoms. The Labute approximate surface area is 94.4 Å². The molecule has 0 N–H and O–H groups in total. The topological polar surface area (TPSA) is 0 Å². The van der Waals surface area contributed by atoms with Crippen molar-refractivity contribution in [3.63, 3.8) is 0 Å². The fourth-order valence-corrected chi connectivity index (χ4v) is 2.62. The van der Waals surface area contributed by atoms with Gasteiger partial charge in [0.25, 0.3) is 0 Å². The summed E-state index contributed by atoms with van der Waals surface area (Å²) in [5.41, 5.74) is 0. The number of hydrogen-bond donors (Lipinski definition) is 0. The summed E-state index contributed by atoms with van der Waals surface area (Å²) in [5.74, 6) is 0. The molecule has 0 spiro atoms. The van der Waals surface area contributed by atoms with Crippen LogP contribution in [-0.2, 0) is 0 Å². The highest BCUT2D eigenvalue weighted by molar-refractivity contribution is 8.06. The maximum absolute atomic E-state index is 5.96. The predicted octanol–water partition coefficient (Wildman–Crippen LogP) is 4.40. The number of thioether (sulfide) groups is 1. The summed E-state index contributed by atoms with van der Waals surface area (Å²) in [6.07, 6.45) is 16.3. The summed E-state index contributed by atoms with van der Waals surface area (Å²) in [4.78, 5) is 2.79. The van der Waals surface area contributed by atoms with Crippen molar-refractivity contribution in [2.75, 3.05) is 0 Å². The molecule has 1 unspecified atom stereocenters. The van der Waals surface area contributed by atoms with Crippen molar-refractivity contribution in [1.29, 1.82) is 0 Å². The molecule has 0 nitrogen and oxygen atoms in total. The van der Waals surface area contributed by atoms with E-state index in [1.807, 2.05) is 11.8 Å². The average Bonchev–Trinajstić information content (AvgIpc) is 2.23. The zero-order valence-corrected chi connectivity index (χ0v) is 9.52. The molecule has 2 heteroatoms. The number of alkyl halides is 1. The highest BCUT2D eigenvalue weighted by Gasteiger charge is 2.08. The first kappa shape index (κ1) is 10.1. The molecule has 0 aromatic heterocycles. The number of hydrogen-bond acceptors (Lipinski definition) is 1. The third kappa shape index (κ3) is 2.79. The molecular formula is C12H13ClS. The van der Waals surface area contributed by atoms with Crippen molar-refractivity contribution in [3.05, 3.63) is 46.3 Å². The summed E-state index contributed by atoms with van der Waals surface area (Å²) in [6, 6.07) is 0. The van der Waals surface area contributed by atoms with Gasteiger partial charge in [-0.15, -0.1) is 11.6 Å². The largest absolute Gasteiger partial charge is 0.118 e. The maximum atomic E-state index is 5.96. The molecule has 2 rings (SSSR count). The Balaban J connectivity index is 1.95. The summed E-state index contributed by atoms with van der Waals surface area (Å²) >= 11 is 7.83. The van der Waals surface area contributed by atoms with Crippen LogP contribution < -0.4 is 0 Å². The summed E-state index contributed by atoms with van der Waals surface area (Å²) in [6.45, 7) is 0. The zero-order chi connectivity index (χ0) is 9.80. The first-order chi connectivity index (χ1) is 6.84. The van der Waals surface area contributed by atoms with E-state index in [1.54, 1.807) is 0 Å². The van der Waals surface area contributed by atoms with Gasteiger partial charge in [-0.1, -0.05) is 48.2 Å². The van der Waals surface area contributed by atoms with Crippen LogP contribution in [-0.4, -0.2) is 5.38 Å². The Kier molecular flexibility index (Phi) is 3.55. The number of halogens is 1. The van der Waals surface area contributed by atoms with Crippen molar-refractivity contribution >= 4 is 23.4 Å². The van der Waals surface area contributed by atoms with Crippen LogP contribution in [0.1, 0.15) is 19.3 Å². The first-order valence-electron chi connectivity index (χ1n) is 4.90. The minimum Gasteiger partial charge on any atom is -0.118 e. The van der Waals surface area contributed by atoms with E-state index in [9.17, 15) is 0 Å². The van der Waals surface area contributed by atoms with Crippen molar-refractivity contribution < 1.29 is 0 Å². The predicted molar refractivity (Wildman–Crippen MR) is 65.5 cm³/mol. The van der Waals surface area contributed by atoms with Gasteiger partial charge >= 0.3 is 0 Å². The summed E-state index contributed by atoms with van der Waals surface area (Å²) in [5, 5.41) is 0.194. The first-order valence-corrected chi connectivity index (χ1v) is 6.16. The molecule has 0 saturated carbocycles. The van der Waals surface area contributed by atoms with E-state index in [-0.39, 0.29) is 5.38 Å². The molecule has 74 valence electrons. The van der Waals surface area contributed by atoms with Crippen LogP contribution in [0.3, 0.4) is 0 Å². The van der Waals surface area contributed by atoms with Gasteiger partial charge in [0, 0.05) is 4.91 Å². The van der Waals surface area contributed by atoms with Crippen LogP contribution in [0.2, 0.25) is 0 Å². The Morgan fingerprint density at radius 2 is 2.36 bits per heavy atom. The van der Waals surface area contributed by atoms with Crippen LogP contribution >= 0.6 is 23.4 Å². The van der Waals surface area contributed by atoms with Gasteiger partial charge in [-0.25, -0.2) is 0 Å². The fraction of sp³-hybridized carbons (Fsp3) is 0.333. The van der Waals surface area contributed by atoms with Crippen LogP contribution in [0.5, 0.6) is 0 Å². The van der Waals surface area contributed by atoms with Crippen LogP contribution in [0.4, 0.5) is 0 Å². The van der Waals surface area contributed by atoms with E-state index in [0.717, 1.165) is 6.42 Å². The number of allylic oxidation sites excluding steroid dienone is 7. The molecule has 2 aliphatic carbocycles. The molecule has 1 atom stereocenters. The van der Waals surface area contributed by atoms with Crippen LogP contribution in [0, 0.1) is 0 Å². The lowest BCUT2D eigenvalue weighted by Gasteiger charge is -2.12. The third-order valence-electron chi connectivity index (χ3n) is 2.24. The van der Waals surface area contributed by atoms with E-state index in [0.29, 0.717) is 0 Å². The molecule has 0 fully saturated rings. The fourth-order valence-electron chi connectivity index (χ4n) is 1.47. The van der Waals surface area contributed by atoms with Gasteiger partial charge in [0.05, 0.1) is 5.38 Å². The smallest absolute Gasteiger partial charge is 0.0554 e. The molecule has 2 aliphatic rings. The Hall–Kier alpha value is -0.400. The molecule has 0 aromatic rings. The quantitative estimate of drug-likeness (QED) is 0.627. The van der Waals surface area contributed by atoms with E-state index >= 15 is 0 Å². The van der Waals surface area contributed by atoms with E-state index in [1.165, 1.54) is 22.7 Å². The second-order valence-corrected chi connectivity index (χ2v) is 5.18. The van der Waals surface area contributed by atoms with Gasteiger partial charge in [-0.2, -0.15) is 0 Å². The van der Waals surface area contributed by atoms with E-state index in [2.05, 4.69) is 36.5 Å². The van der Waals surface area contributed by atoms with Gasteiger partial charge in [-0.3, -0.25) is 0 Å².